The van der Waals surface area contributed by atoms with Crippen LogP contribution in [0.2, 0.25) is 0 Å². The lowest BCUT2D eigenvalue weighted by molar-refractivity contribution is -0.158. The molecule has 2 rings (SSSR count). The Morgan fingerprint density at radius 1 is 1.11 bits per heavy atom. The minimum Gasteiger partial charge on any atom is -0.458 e. The molecule has 0 fully saturated rings. The van der Waals surface area contributed by atoms with Gasteiger partial charge in [0.25, 0.3) is 0 Å². The average molecular weight is 505 g/mol. The van der Waals surface area contributed by atoms with Crippen molar-refractivity contribution in [1.29, 1.82) is 5.41 Å². The van der Waals surface area contributed by atoms with E-state index in [1.54, 1.807) is 39.8 Å². The van der Waals surface area contributed by atoms with E-state index in [1.807, 2.05) is 27.7 Å². The van der Waals surface area contributed by atoms with Gasteiger partial charge >= 0.3 is 5.97 Å². The molecule has 2 N–H and O–H groups in total. The third-order valence-electron chi connectivity index (χ3n) is 4.42. The number of carbonyl (C=O) groups is 3. The van der Waals surface area contributed by atoms with Crippen LogP contribution in [0.3, 0.4) is 0 Å². The molecule has 36 heavy (non-hydrogen) atoms. The van der Waals surface area contributed by atoms with Crippen LogP contribution < -0.4 is 5.32 Å². The van der Waals surface area contributed by atoms with Gasteiger partial charge in [0.1, 0.15) is 11.6 Å². The molecule has 2 aromatic rings. The predicted octanol–water partition coefficient (Wildman–Crippen LogP) is 4.91. The van der Waals surface area contributed by atoms with Crippen molar-refractivity contribution >= 4 is 34.8 Å². The predicted molar refractivity (Wildman–Crippen MR) is 150 cm³/mol. The van der Waals surface area contributed by atoms with Crippen molar-refractivity contribution in [2.45, 2.75) is 79.9 Å². The molecule has 204 valence electrons. The van der Waals surface area contributed by atoms with E-state index in [0.717, 1.165) is 0 Å². The van der Waals surface area contributed by atoms with Gasteiger partial charge in [-0.3, -0.25) is 9.59 Å². The molecule has 0 saturated heterocycles. The number of esters is 1. The molecular formula is C28H48N4O4. The number of nitrogens with one attached hydrogen (secondary N) is 2. The number of ketones is 1. The monoisotopic (exact) mass is 504 g/mol. The highest BCUT2D eigenvalue weighted by atomic mass is 16.6. The number of hydrogen-bond acceptors (Lipinski definition) is 6. The smallest absolute Gasteiger partial charge is 0.329 e. The molecule has 0 aliphatic rings. The van der Waals surface area contributed by atoms with Crippen molar-refractivity contribution in [3.8, 4) is 0 Å². The fourth-order valence-corrected chi connectivity index (χ4v) is 3.05. The summed E-state index contributed by atoms with van der Waals surface area (Å²) in [6.07, 6.45) is 2.98. The summed E-state index contributed by atoms with van der Waals surface area (Å²) in [7, 11) is 5.55. The van der Waals surface area contributed by atoms with E-state index in [9.17, 15) is 14.4 Å². The number of aryl methyl sites for hydroxylation is 2. The lowest BCUT2D eigenvalue weighted by atomic mass is 10.1. The molecule has 0 bridgehead atoms. The van der Waals surface area contributed by atoms with Crippen LogP contribution in [0.15, 0.2) is 30.5 Å². The lowest BCUT2D eigenvalue weighted by Gasteiger charge is -2.24. The molecule has 8 nitrogen and oxygen atoms in total. The third-order valence-corrected chi connectivity index (χ3v) is 4.42. The van der Waals surface area contributed by atoms with Crippen molar-refractivity contribution in [2.24, 2.45) is 7.05 Å². The van der Waals surface area contributed by atoms with Crippen LogP contribution in [0.25, 0.3) is 10.9 Å². The summed E-state index contributed by atoms with van der Waals surface area (Å²) in [5.74, 6) is -1.30. The molecule has 8 heteroatoms. The number of para-hydroxylation sites is 1. The van der Waals surface area contributed by atoms with E-state index in [2.05, 4.69) is 54.3 Å². The molecule has 1 heterocycles. The Labute approximate surface area is 217 Å². The second-order valence-corrected chi connectivity index (χ2v) is 8.98. The van der Waals surface area contributed by atoms with Crippen LogP contribution in [0, 0.1) is 12.3 Å². The Hall–Kier alpha value is -3.00. The quantitative estimate of drug-likeness (QED) is 0.392. The molecule has 1 atom stereocenters. The standard InChI is InChI=1S/C14H25N3O4.C10H11N.2C2H6/c1-14(2,3)21-13(20)11(7-6-10(18)8-15)16-12(19)9-17(4)5;1-8-7-11(2)10-6-4-3-5-9(8)10;2*1-2/h8,11,15H,6-7,9H2,1-5H3,(H,16,19);3-7H,1-2H3;2*1-2H3. The number of nitrogens with zero attached hydrogens (tertiary/aromatic N) is 2. The first-order chi connectivity index (χ1) is 16.8. The Bertz CT molecular complexity index is 907. The average Bonchev–Trinajstić information content (AvgIpc) is 3.11. The second kappa shape index (κ2) is 18.3. The van der Waals surface area contributed by atoms with Crippen LogP contribution >= 0.6 is 0 Å². The molecule has 0 spiro atoms. The number of fused-ring (bicyclic) bond motifs is 1. The van der Waals surface area contributed by atoms with Gasteiger partial charge in [0.15, 0.2) is 5.78 Å². The Balaban J connectivity index is 0. The van der Waals surface area contributed by atoms with Crippen molar-refractivity contribution < 1.29 is 19.1 Å². The van der Waals surface area contributed by atoms with Gasteiger partial charge in [0.05, 0.1) is 12.8 Å². The van der Waals surface area contributed by atoms with Crippen LogP contribution in [0.4, 0.5) is 0 Å². The second-order valence-electron chi connectivity index (χ2n) is 8.98. The van der Waals surface area contributed by atoms with E-state index in [1.165, 1.54) is 16.5 Å². The number of hydrogen-bond donors (Lipinski definition) is 2. The summed E-state index contributed by atoms with van der Waals surface area (Å²) in [6, 6.07) is 7.56. The van der Waals surface area contributed by atoms with Gasteiger partial charge in [-0.25, -0.2) is 4.79 Å². The normalized spacial score (nSPS) is 11.0. The summed E-state index contributed by atoms with van der Waals surface area (Å²) in [6.45, 7) is 15.5. The number of ether oxygens (including phenoxy) is 1. The number of Topliss-reactive ketones (excluding diaryl/α,β-unsaturated/α-hetero) is 1. The number of rotatable bonds is 8. The molecule has 0 aliphatic heterocycles. The van der Waals surface area contributed by atoms with Gasteiger partial charge < -0.3 is 24.9 Å². The number of amides is 1. The van der Waals surface area contributed by atoms with Crippen molar-refractivity contribution in [1.82, 2.24) is 14.8 Å². The maximum atomic E-state index is 12.1. The molecular weight excluding hydrogens is 456 g/mol. The van der Waals surface area contributed by atoms with Crippen molar-refractivity contribution in [3.63, 3.8) is 0 Å². The summed E-state index contributed by atoms with van der Waals surface area (Å²) in [5.41, 5.74) is 1.99. The van der Waals surface area contributed by atoms with E-state index >= 15 is 0 Å². The zero-order valence-electron chi connectivity index (χ0n) is 24.2. The van der Waals surface area contributed by atoms with Crippen LogP contribution in [0.1, 0.15) is 66.9 Å². The molecule has 1 aromatic heterocycles. The fraction of sp³-hybridized carbons (Fsp3) is 0.571. The molecule has 0 aliphatic carbocycles. The minimum absolute atomic E-state index is 0.00958. The van der Waals surface area contributed by atoms with E-state index in [0.29, 0.717) is 6.21 Å². The molecule has 0 radical (unpaired) electrons. The van der Waals surface area contributed by atoms with Crippen molar-refractivity contribution in [2.75, 3.05) is 20.6 Å². The van der Waals surface area contributed by atoms with Crippen LogP contribution in [0.5, 0.6) is 0 Å². The van der Waals surface area contributed by atoms with Gasteiger partial charge in [-0.2, -0.15) is 0 Å². The minimum atomic E-state index is -0.888. The van der Waals surface area contributed by atoms with Crippen LogP contribution in [-0.2, 0) is 26.2 Å². The Morgan fingerprint density at radius 2 is 1.67 bits per heavy atom. The van der Waals surface area contributed by atoms with Gasteiger partial charge in [-0.1, -0.05) is 45.9 Å². The van der Waals surface area contributed by atoms with Gasteiger partial charge in [0, 0.05) is 30.6 Å². The van der Waals surface area contributed by atoms with Crippen molar-refractivity contribution in [3.05, 3.63) is 36.0 Å². The summed E-state index contributed by atoms with van der Waals surface area (Å²) < 4.78 is 7.39. The number of carbonyl (C=O) groups excluding carboxylic acids is 3. The van der Waals surface area contributed by atoms with Gasteiger partial charge in [0.2, 0.25) is 5.91 Å². The first kappa shape index (κ1) is 35.2. The highest BCUT2D eigenvalue weighted by Crippen LogP contribution is 2.18. The number of aromatic nitrogens is 1. The fourth-order valence-electron chi connectivity index (χ4n) is 3.05. The Kier molecular flexibility index (Phi) is 17.9. The van der Waals surface area contributed by atoms with Gasteiger partial charge in [-0.15, -0.1) is 0 Å². The maximum absolute atomic E-state index is 12.1. The SMILES string of the molecule is CC.CC.CN(C)CC(=O)NC(CCC(=O)C=N)C(=O)OC(C)(C)C.Cc1cn(C)c2ccccc12. The summed E-state index contributed by atoms with van der Waals surface area (Å²) in [4.78, 5) is 36.7. The van der Waals surface area contributed by atoms with Gasteiger partial charge in [-0.05, 0) is 59.8 Å². The lowest BCUT2D eigenvalue weighted by Crippen LogP contribution is -2.47. The number of likely N-dealkylation sites (N-methyl/N-ethyl adjacent to an activating group) is 1. The third kappa shape index (κ3) is 14.4. The van der Waals surface area contributed by atoms with E-state index in [-0.39, 0.29) is 25.3 Å². The zero-order chi connectivity index (χ0) is 28.5. The summed E-state index contributed by atoms with van der Waals surface area (Å²) >= 11 is 0. The molecule has 1 amide bonds. The molecule has 1 unspecified atom stereocenters. The first-order valence-corrected chi connectivity index (χ1v) is 12.5. The first-order valence-electron chi connectivity index (χ1n) is 12.5. The largest absolute Gasteiger partial charge is 0.458 e. The number of benzene rings is 1. The zero-order valence-corrected chi connectivity index (χ0v) is 24.2. The summed E-state index contributed by atoms with van der Waals surface area (Å²) in [5, 5.41) is 10.8. The van der Waals surface area contributed by atoms with Crippen LogP contribution in [-0.4, -0.2) is 65.6 Å². The molecule has 1 aromatic carbocycles. The maximum Gasteiger partial charge on any atom is 0.329 e. The van der Waals surface area contributed by atoms with E-state index in [4.69, 9.17) is 10.1 Å². The Morgan fingerprint density at radius 3 is 2.14 bits per heavy atom. The topological polar surface area (TPSA) is 104 Å². The van der Waals surface area contributed by atoms with E-state index < -0.39 is 23.4 Å². The highest BCUT2D eigenvalue weighted by Gasteiger charge is 2.27. The highest BCUT2D eigenvalue weighted by molar-refractivity contribution is 6.26. The molecule has 0 saturated carbocycles.